The van der Waals surface area contributed by atoms with E-state index in [9.17, 15) is 4.79 Å². The zero-order valence-corrected chi connectivity index (χ0v) is 10.3. The second kappa shape index (κ2) is 6.48. The van der Waals surface area contributed by atoms with Gasteiger partial charge in [-0.1, -0.05) is 24.6 Å². The van der Waals surface area contributed by atoms with Crippen LogP contribution in [0.4, 0.5) is 0 Å². The first-order valence-electron chi connectivity index (χ1n) is 5.32. The minimum absolute atomic E-state index is 0.163. The molecule has 0 aliphatic heterocycles. The van der Waals surface area contributed by atoms with E-state index < -0.39 is 0 Å². The van der Waals surface area contributed by atoms with Gasteiger partial charge in [0.1, 0.15) is 5.15 Å². The first kappa shape index (κ1) is 13.0. The summed E-state index contributed by atoms with van der Waals surface area (Å²) in [6.07, 6.45) is 3.84. The van der Waals surface area contributed by atoms with Crippen LogP contribution in [0.2, 0.25) is 5.15 Å². The molecule has 0 amide bonds. The molecule has 88 valence electrons. The van der Waals surface area contributed by atoms with E-state index in [-0.39, 0.29) is 5.97 Å². The van der Waals surface area contributed by atoms with Crippen molar-refractivity contribution in [1.82, 2.24) is 4.98 Å². The van der Waals surface area contributed by atoms with Crippen molar-refractivity contribution in [2.24, 2.45) is 0 Å². The maximum Gasteiger partial charge on any atom is 0.305 e. The number of halogens is 1. The Bertz CT molecular complexity index is 355. The molecule has 1 unspecified atom stereocenters. The minimum atomic E-state index is -0.163. The van der Waals surface area contributed by atoms with Crippen molar-refractivity contribution in [2.45, 2.75) is 32.1 Å². The molecule has 0 fully saturated rings. The number of aromatic nitrogens is 1. The van der Waals surface area contributed by atoms with Crippen LogP contribution in [0.15, 0.2) is 18.3 Å². The molecule has 0 saturated carbocycles. The van der Waals surface area contributed by atoms with Crippen LogP contribution in [0.1, 0.15) is 37.7 Å². The number of methoxy groups -OCH3 is 1. The van der Waals surface area contributed by atoms with Crippen molar-refractivity contribution < 1.29 is 9.53 Å². The molecule has 1 aromatic heterocycles. The van der Waals surface area contributed by atoms with Gasteiger partial charge < -0.3 is 4.74 Å². The molecule has 0 aliphatic carbocycles. The van der Waals surface area contributed by atoms with Gasteiger partial charge in [-0.2, -0.15) is 0 Å². The number of pyridine rings is 1. The monoisotopic (exact) mass is 241 g/mol. The van der Waals surface area contributed by atoms with E-state index in [1.54, 1.807) is 6.20 Å². The third-order valence-corrected chi connectivity index (χ3v) is 2.88. The van der Waals surface area contributed by atoms with Gasteiger partial charge in [0.2, 0.25) is 0 Å². The average molecular weight is 242 g/mol. The third-order valence-electron chi connectivity index (χ3n) is 2.56. The fourth-order valence-electron chi connectivity index (χ4n) is 1.58. The summed E-state index contributed by atoms with van der Waals surface area (Å²) < 4.78 is 4.58. The van der Waals surface area contributed by atoms with Crippen LogP contribution in [0, 0.1) is 0 Å². The highest BCUT2D eigenvalue weighted by molar-refractivity contribution is 6.30. The summed E-state index contributed by atoms with van der Waals surface area (Å²) in [7, 11) is 1.41. The number of esters is 1. The van der Waals surface area contributed by atoms with Gasteiger partial charge in [-0.25, -0.2) is 4.98 Å². The number of hydrogen-bond acceptors (Lipinski definition) is 3. The standard InChI is InChI=1S/C12H16ClNO2/c1-9(5-3-7-11(15)16-2)10-6-4-8-14-12(10)13/h4,6,8-9H,3,5,7H2,1-2H3. The van der Waals surface area contributed by atoms with E-state index >= 15 is 0 Å². The SMILES string of the molecule is COC(=O)CCCC(C)c1cccnc1Cl. The normalized spacial score (nSPS) is 12.2. The number of carbonyl (C=O) groups excluding carboxylic acids is 1. The Morgan fingerprint density at radius 2 is 2.38 bits per heavy atom. The molecule has 1 atom stereocenters. The summed E-state index contributed by atoms with van der Waals surface area (Å²) in [5.74, 6) is 0.148. The second-order valence-corrected chi connectivity index (χ2v) is 4.11. The first-order valence-corrected chi connectivity index (χ1v) is 5.70. The quantitative estimate of drug-likeness (QED) is 0.587. The summed E-state index contributed by atoms with van der Waals surface area (Å²) in [5.41, 5.74) is 1.04. The molecular weight excluding hydrogens is 226 g/mol. The van der Waals surface area contributed by atoms with Crippen molar-refractivity contribution in [3.05, 3.63) is 29.0 Å². The lowest BCUT2D eigenvalue weighted by Gasteiger charge is -2.12. The van der Waals surface area contributed by atoms with Gasteiger partial charge >= 0.3 is 5.97 Å². The number of carbonyl (C=O) groups is 1. The zero-order chi connectivity index (χ0) is 12.0. The van der Waals surface area contributed by atoms with E-state index in [4.69, 9.17) is 11.6 Å². The molecular formula is C12H16ClNO2. The molecule has 0 spiro atoms. The second-order valence-electron chi connectivity index (χ2n) is 3.75. The van der Waals surface area contributed by atoms with Crippen molar-refractivity contribution in [3.63, 3.8) is 0 Å². The molecule has 0 N–H and O–H groups in total. The number of hydrogen-bond donors (Lipinski definition) is 0. The summed E-state index contributed by atoms with van der Waals surface area (Å²) in [6.45, 7) is 2.08. The maximum atomic E-state index is 10.9. The van der Waals surface area contributed by atoms with Gasteiger partial charge in [0.15, 0.2) is 0 Å². The van der Waals surface area contributed by atoms with Gasteiger partial charge in [-0.15, -0.1) is 0 Å². The fraction of sp³-hybridized carbons (Fsp3) is 0.500. The highest BCUT2D eigenvalue weighted by Crippen LogP contribution is 2.26. The first-order chi connectivity index (χ1) is 7.65. The van der Waals surface area contributed by atoms with Crippen molar-refractivity contribution in [1.29, 1.82) is 0 Å². The fourth-order valence-corrected chi connectivity index (χ4v) is 1.88. The molecule has 0 bridgehead atoms. The Labute approximate surface area is 101 Å². The summed E-state index contributed by atoms with van der Waals surface area (Å²) >= 11 is 5.99. The molecule has 1 heterocycles. The molecule has 16 heavy (non-hydrogen) atoms. The van der Waals surface area contributed by atoms with Gasteiger partial charge in [0, 0.05) is 12.6 Å². The highest BCUT2D eigenvalue weighted by Gasteiger charge is 2.10. The molecule has 0 saturated heterocycles. The van der Waals surface area contributed by atoms with E-state index in [0.29, 0.717) is 17.5 Å². The van der Waals surface area contributed by atoms with Gasteiger partial charge in [-0.3, -0.25) is 4.79 Å². The van der Waals surface area contributed by atoms with Crippen molar-refractivity contribution >= 4 is 17.6 Å². The zero-order valence-electron chi connectivity index (χ0n) is 9.57. The van der Waals surface area contributed by atoms with Gasteiger partial charge in [-0.05, 0) is 30.4 Å². The predicted molar refractivity (Wildman–Crippen MR) is 63.5 cm³/mol. The van der Waals surface area contributed by atoms with E-state index in [0.717, 1.165) is 18.4 Å². The lowest BCUT2D eigenvalue weighted by molar-refractivity contribution is -0.140. The largest absolute Gasteiger partial charge is 0.469 e. The average Bonchev–Trinajstić information content (AvgIpc) is 2.29. The van der Waals surface area contributed by atoms with E-state index in [1.807, 2.05) is 12.1 Å². The van der Waals surface area contributed by atoms with Crippen LogP contribution in [0.3, 0.4) is 0 Å². The van der Waals surface area contributed by atoms with Gasteiger partial charge in [0.25, 0.3) is 0 Å². The minimum Gasteiger partial charge on any atom is -0.469 e. The Kier molecular flexibility index (Phi) is 5.26. The molecule has 4 heteroatoms. The van der Waals surface area contributed by atoms with Crippen LogP contribution in [-0.4, -0.2) is 18.1 Å². The lowest BCUT2D eigenvalue weighted by Crippen LogP contribution is -2.02. The maximum absolute atomic E-state index is 10.9. The topological polar surface area (TPSA) is 39.2 Å². The summed E-state index contributed by atoms with van der Waals surface area (Å²) in [5, 5.41) is 0.549. The predicted octanol–water partition coefficient (Wildman–Crippen LogP) is 3.18. The molecule has 1 aromatic rings. The Hall–Kier alpha value is -1.09. The summed E-state index contributed by atoms with van der Waals surface area (Å²) in [6, 6.07) is 3.84. The summed E-state index contributed by atoms with van der Waals surface area (Å²) in [4.78, 5) is 15.0. The molecule has 0 aromatic carbocycles. The molecule has 1 rings (SSSR count). The molecule has 0 aliphatic rings. The highest BCUT2D eigenvalue weighted by atomic mass is 35.5. The van der Waals surface area contributed by atoms with Crippen molar-refractivity contribution in [2.75, 3.05) is 7.11 Å². The van der Waals surface area contributed by atoms with Crippen LogP contribution < -0.4 is 0 Å². The number of rotatable bonds is 5. The number of ether oxygens (including phenoxy) is 1. The number of nitrogens with zero attached hydrogens (tertiary/aromatic N) is 1. The Morgan fingerprint density at radius 1 is 1.62 bits per heavy atom. The van der Waals surface area contributed by atoms with Gasteiger partial charge in [0.05, 0.1) is 7.11 Å². The smallest absolute Gasteiger partial charge is 0.305 e. The third kappa shape index (κ3) is 3.81. The van der Waals surface area contributed by atoms with Crippen LogP contribution >= 0.6 is 11.6 Å². The van der Waals surface area contributed by atoms with Crippen molar-refractivity contribution in [3.8, 4) is 0 Å². The van der Waals surface area contributed by atoms with Crippen LogP contribution in [0.5, 0.6) is 0 Å². The van der Waals surface area contributed by atoms with E-state index in [2.05, 4.69) is 16.6 Å². The molecule has 3 nitrogen and oxygen atoms in total. The van der Waals surface area contributed by atoms with Crippen LogP contribution in [0.25, 0.3) is 0 Å². The van der Waals surface area contributed by atoms with Crippen LogP contribution in [-0.2, 0) is 9.53 Å². The van der Waals surface area contributed by atoms with E-state index in [1.165, 1.54) is 7.11 Å². The molecule has 0 radical (unpaired) electrons. The Morgan fingerprint density at radius 3 is 3.00 bits per heavy atom. The Balaban J connectivity index is 2.44. The lowest BCUT2D eigenvalue weighted by atomic mass is 9.97.